The van der Waals surface area contributed by atoms with Crippen LogP contribution in [0.3, 0.4) is 0 Å². The number of nitrogens with zero attached hydrogens (tertiary/aromatic N) is 1. The third-order valence-corrected chi connectivity index (χ3v) is 6.71. The van der Waals surface area contributed by atoms with Gasteiger partial charge in [-0.3, -0.25) is 9.59 Å². The zero-order chi connectivity index (χ0) is 19.6. The summed E-state index contributed by atoms with van der Waals surface area (Å²) in [4.78, 5) is 24.2. The van der Waals surface area contributed by atoms with Gasteiger partial charge in [-0.05, 0) is 30.5 Å². The number of amides is 2. The van der Waals surface area contributed by atoms with Crippen LogP contribution in [-0.4, -0.2) is 56.9 Å². The standard InChI is InChI=1S/C18H25N3O5S/c1-12(2)17-15(6-9-26-17)18(23)20-13-4-3-5-14(10-13)27(24,25)21-8-7-19-16(22)11-21/h3-5,10,12,15,17H,6-9,11H2,1-2H3,(H,19,22)(H,20,23). The van der Waals surface area contributed by atoms with Crippen LogP contribution in [0.2, 0.25) is 0 Å². The second kappa shape index (κ2) is 7.95. The number of anilines is 1. The molecule has 2 N–H and O–H groups in total. The maximum atomic E-state index is 12.8. The first-order chi connectivity index (χ1) is 12.8. The van der Waals surface area contributed by atoms with Gasteiger partial charge in [-0.15, -0.1) is 0 Å². The SMILES string of the molecule is CC(C)C1OCCC1C(=O)Nc1cccc(S(=O)(=O)N2CCNC(=O)C2)c1. The van der Waals surface area contributed by atoms with Crippen LogP contribution in [0.5, 0.6) is 0 Å². The van der Waals surface area contributed by atoms with Crippen LogP contribution < -0.4 is 10.6 Å². The molecule has 3 rings (SSSR count). The van der Waals surface area contributed by atoms with Crippen molar-refractivity contribution in [2.75, 3.05) is 31.6 Å². The molecule has 0 spiro atoms. The molecule has 0 saturated carbocycles. The van der Waals surface area contributed by atoms with Crippen LogP contribution >= 0.6 is 0 Å². The van der Waals surface area contributed by atoms with E-state index in [1.54, 1.807) is 12.1 Å². The van der Waals surface area contributed by atoms with Crippen molar-refractivity contribution in [1.82, 2.24) is 9.62 Å². The van der Waals surface area contributed by atoms with E-state index in [9.17, 15) is 18.0 Å². The molecule has 0 aromatic heterocycles. The number of benzene rings is 1. The predicted molar refractivity (Wildman–Crippen MR) is 99.5 cm³/mol. The summed E-state index contributed by atoms with van der Waals surface area (Å²) >= 11 is 0. The Morgan fingerprint density at radius 2 is 2.15 bits per heavy atom. The van der Waals surface area contributed by atoms with E-state index in [1.807, 2.05) is 13.8 Å². The van der Waals surface area contributed by atoms with Crippen LogP contribution in [0, 0.1) is 11.8 Å². The van der Waals surface area contributed by atoms with Gasteiger partial charge < -0.3 is 15.4 Å². The summed E-state index contributed by atoms with van der Waals surface area (Å²) in [6.07, 6.45) is 0.513. The molecule has 2 atom stereocenters. The van der Waals surface area contributed by atoms with E-state index < -0.39 is 10.0 Å². The monoisotopic (exact) mass is 395 g/mol. The molecule has 2 saturated heterocycles. The van der Waals surface area contributed by atoms with E-state index in [2.05, 4.69) is 10.6 Å². The molecule has 8 nitrogen and oxygen atoms in total. The summed E-state index contributed by atoms with van der Waals surface area (Å²) in [6.45, 7) is 4.88. The van der Waals surface area contributed by atoms with Crippen molar-refractivity contribution in [3.63, 3.8) is 0 Å². The topological polar surface area (TPSA) is 105 Å². The van der Waals surface area contributed by atoms with E-state index in [-0.39, 0.29) is 54.3 Å². The Kier molecular flexibility index (Phi) is 5.83. The van der Waals surface area contributed by atoms with E-state index in [0.29, 0.717) is 18.7 Å². The number of hydrogen-bond acceptors (Lipinski definition) is 5. The predicted octanol–water partition coefficient (Wildman–Crippen LogP) is 0.807. The van der Waals surface area contributed by atoms with Crippen LogP contribution in [0.15, 0.2) is 29.2 Å². The van der Waals surface area contributed by atoms with Gasteiger partial charge in [0.1, 0.15) is 0 Å². The fourth-order valence-electron chi connectivity index (χ4n) is 3.49. The number of ether oxygens (including phenoxy) is 1. The molecular formula is C18H25N3O5S. The van der Waals surface area contributed by atoms with Crippen molar-refractivity contribution in [3.8, 4) is 0 Å². The summed E-state index contributed by atoms with van der Waals surface area (Å²) in [5.41, 5.74) is 0.414. The first-order valence-electron chi connectivity index (χ1n) is 9.08. The quantitative estimate of drug-likeness (QED) is 0.768. The number of piperazine rings is 1. The van der Waals surface area contributed by atoms with Crippen molar-refractivity contribution >= 4 is 27.5 Å². The lowest BCUT2D eigenvalue weighted by molar-refractivity contribution is -0.123. The Hall–Kier alpha value is -1.97. The first-order valence-corrected chi connectivity index (χ1v) is 10.5. The minimum Gasteiger partial charge on any atom is -0.377 e. The van der Waals surface area contributed by atoms with Gasteiger partial charge in [0.05, 0.1) is 23.5 Å². The molecule has 1 aromatic rings. The Bertz CT molecular complexity index is 824. The smallest absolute Gasteiger partial charge is 0.243 e. The number of carbonyl (C=O) groups is 2. The maximum Gasteiger partial charge on any atom is 0.243 e. The van der Waals surface area contributed by atoms with Crippen molar-refractivity contribution in [3.05, 3.63) is 24.3 Å². The number of hydrogen-bond donors (Lipinski definition) is 2. The number of nitrogens with one attached hydrogen (secondary N) is 2. The molecular weight excluding hydrogens is 370 g/mol. The average Bonchev–Trinajstić information content (AvgIpc) is 3.12. The minimum absolute atomic E-state index is 0.0538. The van der Waals surface area contributed by atoms with Gasteiger partial charge in [0.25, 0.3) is 0 Å². The zero-order valence-electron chi connectivity index (χ0n) is 15.5. The van der Waals surface area contributed by atoms with Crippen molar-refractivity contribution in [2.45, 2.75) is 31.3 Å². The lowest BCUT2D eigenvalue weighted by Gasteiger charge is -2.26. The van der Waals surface area contributed by atoms with E-state index in [4.69, 9.17) is 4.74 Å². The van der Waals surface area contributed by atoms with Gasteiger partial charge >= 0.3 is 0 Å². The lowest BCUT2D eigenvalue weighted by Crippen LogP contribution is -2.49. The molecule has 9 heteroatoms. The Morgan fingerprint density at radius 3 is 2.85 bits per heavy atom. The summed E-state index contributed by atoms with van der Waals surface area (Å²) in [5.74, 6) is -0.524. The Morgan fingerprint density at radius 1 is 1.37 bits per heavy atom. The number of sulfonamides is 1. The third-order valence-electron chi connectivity index (χ3n) is 4.87. The van der Waals surface area contributed by atoms with Crippen LogP contribution in [0.25, 0.3) is 0 Å². The number of rotatable bonds is 5. The maximum absolute atomic E-state index is 12.8. The average molecular weight is 395 g/mol. The summed E-state index contributed by atoms with van der Waals surface area (Å²) in [7, 11) is -3.80. The molecule has 2 aliphatic heterocycles. The van der Waals surface area contributed by atoms with Gasteiger partial charge in [-0.1, -0.05) is 19.9 Å². The molecule has 2 aliphatic rings. The van der Waals surface area contributed by atoms with E-state index >= 15 is 0 Å². The molecule has 2 fully saturated rings. The Balaban J connectivity index is 1.75. The van der Waals surface area contributed by atoms with E-state index in [0.717, 1.165) is 4.31 Å². The van der Waals surface area contributed by atoms with Crippen molar-refractivity contribution in [2.24, 2.45) is 11.8 Å². The first kappa shape index (κ1) is 19.8. The van der Waals surface area contributed by atoms with Gasteiger partial charge in [-0.25, -0.2) is 8.42 Å². The zero-order valence-corrected chi connectivity index (χ0v) is 16.3. The van der Waals surface area contributed by atoms with Gasteiger partial charge in [0, 0.05) is 25.4 Å². The highest BCUT2D eigenvalue weighted by molar-refractivity contribution is 7.89. The third kappa shape index (κ3) is 4.31. The molecule has 0 radical (unpaired) electrons. The minimum atomic E-state index is -3.80. The molecule has 2 amide bonds. The molecule has 0 aliphatic carbocycles. The van der Waals surface area contributed by atoms with Gasteiger partial charge in [-0.2, -0.15) is 4.31 Å². The van der Waals surface area contributed by atoms with Crippen LogP contribution in [0.4, 0.5) is 5.69 Å². The highest BCUT2D eigenvalue weighted by Gasteiger charge is 2.36. The van der Waals surface area contributed by atoms with Gasteiger partial charge in [0.2, 0.25) is 21.8 Å². The normalized spacial score (nSPS) is 24.0. The fraction of sp³-hybridized carbons (Fsp3) is 0.556. The van der Waals surface area contributed by atoms with Gasteiger partial charge in [0.15, 0.2) is 0 Å². The number of carbonyl (C=O) groups excluding carboxylic acids is 2. The van der Waals surface area contributed by atoms with Crippen molar-refractivity contribution < 1.29 is 22.7 Å². The molecule has 2 heterocycles. The second-order valence-electron chi connectivity index (χ2n) is 7.18. The Labute approximate surface area is 159 Å². The van der Waals surface area contributed by atoms with Crippen LogP contribution in [0.1, 0.15) is 20.3 Å². The molecule has 148 valence electrons. The molecule has 1 aromatic carbocycles. The highest BCUT2D eigenvalue weighted by Crippen LogP contribution is 2.28. The molecule has 27 heavy (non-hydrogen) atoms. The largest absolute Gasteiger partial charge is 0.377 e. The second-order valence-corrected chi connectivity index (χ2v) is 9.12. The van der Waals surface area contributed by atoms with Crippen LogP contribution in [-0.2, 0) is 24.3 Å². The molecule has 0 bridgehead atoms. The summed E-state index contributed by atoms with van der Waals surface area (Å²) in [5, 5.41) is 5.42. The fourth-order valence-corrected chi connectivity index (χ4v) is 4.93. The summed E-state index contributed by atoms with van der Waals surface area (Å²) < 4.78 is 32.4. The van der Waals surface area contributed by atoms with Crippen molar-refractivity contribution in [1.29, 1.82) is 0 Å². The highest BCUT2D eigenvalue weighted by atomic mass is 32.2. The lowest BCUT2D eigenvalue weighted by atomic mass is 9.92. The molecule has 2 unspecified atom stereocenters. The summed E-state index contributed by atoms with van der Waals surface area (Å²) in [6, 6.07) is 6.13. The van der Waals surface area contributed by atoms with E-state index in [1.165, 1.54) is 12.1 Å².